The van der Waals surface area contributed by atoms with E-state index in [-0.39, 0.29) is 5.54 Å². The van der Waals surface area contributed by atoms with Crippen LogP contribution in [0.5, 0.6) is 0 Å². The van der Waals surface area contributed by atoms with Gasteiger partial charge >= 0.3 is 0 Å². The van der Waals surface area contributed by atoms with Gasteiger partial charge in [0.1, 0.15) is 0 Å². The minimum absolute atomic E-state index is 0.0315. The van der Waals surface area contributed by atoms with Gasteiger partial charge in [0.15, 0.2) is 0 Å². The Hall–Kier alpha value is -1.31. The van der Waals surface area contributed by atoms with Crippen LogP contribution in [0.1, 0.15) is 48.7 Å². The molecule has 2 rings (SSSR count). The molecule has 2 aromatic rings. The van der Waals surface area contributed by atoms with E-state index in [4.69, 9.17) is 5.10 Å². The van der Waals surface area contributed by atoms with Gasteiger partial charge in [0.05, 0.1) is 11.1 Å². The molecule has 1 aromatic heterocycles. The highest BCUT2D eigenvalue weighted by Gasteiger charge is 2.22. The van der Waals surface area contributed by atoms with Crippen LogP contribution in [0.15, 0.2) is 0 Å². The summed E-state index contributed by atoms with van der Waals surface area (Å²) in [5.74, 6) is 0. The van der Waals surface area contributed by atoms with Crippen molar-refractivity contribution in [2.75, 3.05) is 0 Å². The molecule has 0 unspecified atom stereocenters. The number of aromatic nitrogens is 2. The number of hydrogen-bond acceptors (Lipinski definition) is 1. The SMILES string of the molecule is Cc1c(C)c(C)c2c(C)n(C(C)(C)C)nc2c1C. The average molecular weight is 244 g/mol. The first-order valence-electron chi connectivity index (χ1n) is 6.62. The lowest BCUT2D eigenvalue weighted by Gasteiger charge is -2.21. The Morgan fingerprint density at radius 1 is 0.778 bits per heavy atom. The van der Waals surface area contributed by atoms with Crippen molar-refractivity contribution in [3.8, 4) is 0 Å². The van der Waals surface area contributed by atoms with Crippen molar-refractivity contribution in [1.29, 1.82) is 0 Å². The molecule has 0 bridgehead atoms. The molecule has 0 saturated carbocycles. The average Bonchev–Trinajstić information content (AvgIpc) is 2.61. The van der Waals surface area contributed by atoms with Gasteiger partial charge in [0.2, 0.25) is 0 Å². The van der Waals surface area contributed by atoms with E-state index in [1.54, 1.807) is 0 Å². The maximum atomic E-state index is 4.86. The number of fused-ring (bicyclic) bond motifs is 1. The maximum Gasteiger partial charge on any atom is 0.0960 e. The van der Waals surface area contributed by atoms with E-state index < -0.39 is 0 Å². The number of nitrogens with zero attached hydrogens (tertiary/aromatic N) is 2. The van der Waals surface area contributed by atoms with Gasteiger partial charge in [0.25, 0.3) is 0 Å². The minimum atomic E-state index is 0.0315. The first-order valence-corrected chi connectivity index (χ1v) is 6.62. The standard InChI is InChI=1S/C16H24N2/c1-9-10(2)12(4)15-14(11(9)3)13(5)18(17-15)16(6,7)8/h1-8H3. The quantitative estimate of drug-likeness (QED) is 0.674. The van der Waals surface area contributed by atoms with Gasteiger partial charge in [-0.1, -0.05) is 0 Å². The molecular formula is C16H24N2. The van der Waals surface area contributed by atoms with Gasteiger partial charge in [0, 0.05) is 11.1 Å². The third-order valence-electron chi connectivity index (χ3n) is 4.17. The normalized spacial score (nSPS) is 12.4. The first kappa shape index (κ1) is 13.1. The number of benzene rings is 1. The van der Waals surface area contributed by atoms with E-state index in [0.717, 1.165) is 0 Å². The van der Waals surface area contributed by atoms with E-state index >= 15 is 0 Å². The summed E-state index contributed by atoms with van der Waals surface area (Å²) in [7, 11) is 0. The van der Waals surface area contributed by atoms with Crippen LogP contribution in [0.4, 0.5) is 0 Å². The Bertz CT molecular complexity index is 625. The predicted octanol–water partition coefficient (Wildman–Crippen LogP) is 4.33. The highest BCUT2D eigenvalue weighted by atomic mass is 15.3. The summed E-state index contributed by atoms with van der Waals surface area (Å²) in [5.41, 5.74) is 7.95. The lowest BCUT2D eigenvalue weighted by atomic mass is 9.94. The van der Waals surface area contributed by atoms with Crippen molar-refractivity contribution >= 4 is 10.9 Å². The van der Waals surface area contributed by atoms with E-state index in [2.05, 4.69) is 60.1 Å². The molecule has 1 aromatic carbocycles. The van der Waals surface area contributed by atoms with E-state index in [9.17, 15) is 0 Å². The summed E-state index contributed by atoms with van der Waals surface area (Å²) in [6.07, 6.45) is 0. The fourth-order valence-electron chi connectivity index (χ4n) is 2.79. The minimum Gasteiger partial charge on any atom is -0.263 e. The lowest BCUT2D eigenvalue weighted by molar-refractivity contribution is 0.350. The fraction of sp³-hybridized carbons (Fsp3) is 0.562. The van der Waals surface area contributed by atoms with Crippen LogP contribution in [0.3, 0.4) is 0 Å². The summed E-state index contributed by atoms with van der Waals surface area (Å²) in [5, 5.41) is 6.20. The summed E-state index contributed by atoms with van der Waals surface area (Å²) in [4.78, 5) is 0. The number of hydrogen-bond donors (Lipinski definition) is 0. The molecule has 0 aliphatic heterocycles. The Balaban J connectivity index is 2.98. The lowest BCUT2D eigenvalue weighted by Crippen LogP contribution is -2.24. The third-order valence-corrected chi connectivity index (χ3v) is 4.17. The zero-order valence-electron chi connectivity index (χ0n) is 12.9. The van der Waals surface area contributed by atoms with E-state index in [1.807, 2.05) is 0 Å². The van der Waals surface area contributed by atoms with Gasteiger partial charge in [-0.25, -0.2) is 0 Å². The molecule has 0 fully saturated rings. The summed E-state index contributed by atoms with van der Waals surface area (Å²) < 4.78 is 2.16. The first-order chi connectivity index (χ1) is 8.16. The van der Waals surface area contributed by atoms with Crippen LogP contribution in [0, 0.1) is 34.6 Å². The van der Waals surface area contributed by atoms with Crippen molar-refractivity contribution < 1.29 is 0 Å². The van der Waals surface area contributed by atoms with Gasteiger partial charge < -0.3 is 0 Å². The molecule has 0 saturated heterocycles. The van der Waals surface area contributed by atoms with Gasteiger partial charge in [-0.05, 0) is 77.6 Å². The van der Waals surface area contributed by atoms with Crippen LogP contribution in [0.25, 0.3) is 10.9 Å². The molecule has 0 aliphatic rings. The predicted molar refractivity (Wildman–Crippen MR) is 78.4 cm³/mol. The van der Waals surface area contributed by atoms with Crippen LogP contribution >= 0.6 is 0 Å². The second-order valence-corrected chi connectivity index (χ2v) is 6.39. The second kappa shape index (κ2) is 3.84. The Morgan fingerprint density at radius 3 is 1.78 bits per heavy atom. The maximum absolute atomic E-state index is 4.86. The van der Waals surface area contributed by atoms with Crippen molar-refractivity contribution in [3.05, 3.63) is 27.9 Å². The number of rotatable bonds is 0. The largest absolute Gasteiger partial charge is 0.263 e. The zero-order chi connectivity index (χ0) is 13.8. The van der Waals surface area contributed by atoms with Gasteiger partial charge in [-0.3, -0.25) is 4.68 Å². The Labute approximate surface area is 110 Å². The molecule has 0 aliphatic carbocycles. The smallest absolute Gasteiger partial charge is 0.0960 e. The van der Waals surface area contributed by atoms with E-state index in [0.29, 0.717) is 0 Å². The van der Waals surface area contributed by atoms with Gasteiger partial charge in [-0.2, -0.15) is 5.10 Å². The Kier molecular flexibility index (Phi) is 2.80. The second-order valence-electron chi connectivity index (χ2n) is 6.39. The highest BCUT2D eigenvalue weighted by Crippen LogP contribution is 2.32. The molecular weight excluding hydrogens is 220 g/mol. The molecule has 0 amide bonds. The van der Waals surface area contributed by atoms with E-state index in [1.165, 1.54) is 38.9 Å². The van der Waals surface area contributed by atoms with Crippen molar-refractivity contribution in [1.82, 2.24) is 9.78 Å². The van der Waals surface area contributed by atoms with Crippen molar-refractivity contribution in [3.63, 3.8) is 0 Å². The topological polar surface area (TPSA) is 17.8 Å². The molecule has 2 heteroatoms. The third kappa shape index (κ3) is 1.66. The molecule has 0 spiro atoms. The Morgan fingerprint density at radius 2 is 1.28 bits per heavy atom. The van der Waals surface area contributed by atoms with Crippen LogP contribution in [-0.2, 0) is 5.54 Å². The van der Waals surface area contributed by atoms with Crippen molar-refractivity contribution in [2.24, 2.45) is 0 Å². The van der Waals surface area contributed by atoms with Gasteiger partial charge in [-0.15, -0.1) is 0 Å². The van der Waals surface area contributed by atoms with Crippen molar-refractivity contribution in [2.45, 2.75) is 60.9 Å². The van der Waals surface area contributed by atoms with Crippen LogP contribution < -0.4 is 0 Å². The monoisotopic (exact) mass is 244 g/mol. The fourth-order valence-corrected chi connectivity index (χ4v) is 2.79. The number of aryl methyl sites for hydroxylation is 3. The summed E-state index contributed by atoms with van der Waals surface area (Å²) in [6.45, 7) is 17.6. The van der Waals surface area contributed by atoms with Crippen LogP contribution in [-0.4, -0.2) is 9.78 Å². The molecule has 98 valence electrons. The zero-order valence-corrected chi connectivity index (χ0v) is 12.9. The molecule has 0 radical (unpaired) electrons. The molecule has 2 nitrogen and oxygen atoms in total. The molecule has 0 atom stereocenters. The summed E-state index contributed by atoms with van der Waals surface area (Å²) >= 11 is 0. The molecule has 0 N–H and O–H groups in total. The highest BCUT2D eigenvalue weighted by molar-refractivity contribution is 5.89. The molecule has 18 heavy (non-hydrogen) atoms. The van der Waals surface area contributed by atoms with Crippen LogP contribution in [0.2, 0.25) is 0 Å². The summed E-state index contributed by atoms with van der Waals surface area (Å²) in [6, 6.07) is 0. The molecule has 1 heterocycles.